The normalized spacial score (nSPS) is 26.6. The summed E-state index contributed by atoms with van der Waals surface area (Å²) in [6.07, 6.45) is 0.917. The van der Waals surface area contributed by atoms with E-state index < -0.39 is 17.8 Å². The van der Waals surface area contributed by atoms with Gasteiger partial charge in [-0.2, -0.15) is 13.2 Å². The van der Waals surface area contributed by atoms with E-state index in [4.69, 9.17) is 10.1 Å². The summed E-state index contributed by atoms with van der Waals surface area (Å²) >= 11 is 0. The highest BCUT2D eigenvalue weighted by molar-refractivity contribution is 5.85. The predicted molar refractivity (Wildman–Crippen MR) is 78.8 cm³/mol. The molecule has 0 bridgehead atoms. The van der Waals surface area contributed by atoms with Crippen molar-refractivity contribution in [2.24, 2.45) is 11.8 Å². The number of ether oxygens (including phenoxy) is 1. The van der Waals surface area contributed by atoms with Crippen LogP contribution in [0.5, 0.6) is 0 Å². The second kappa shape index (κ2) is 7.35. The molecule has 2 rings (SSSR count). The number of halogens is 3. The molecule has 0 amide bonds. The van der Waals surface area contributed by atoms with E-state index in [1.807, 2.05) is 0 Å². The summed E-state index contributed by atoms with van der Waals surface area (Å²) in [5, 5.41) is 9.59. The SMILES string of the molecule is CN/C(=C\C(=N)OC[C@@H]1CC[C@@H]1CN1CCCC1)C(F)(F)F. The molecule has 2 fully saturated rings. The Hall–Kier alpha value is -1.24. The maximum absolute atomic E-state index is 12.6. The maximum atomic E-state index is 12.6. The van der Waals surface area contributed by atoms with Crippen molar-refractivity contribution in [3.05, 3.63) is 11.8 Å². The van der Waals surface area contributed by atoms with Crippen LogP contribution in [0.25, 0.3) is 0 Å². The lowest BCUT2D eigenvalue weighted by Crippen LogP contribution is -2.39. The summed E-state index contributed by atoms with van der Waals surface area (Å²) in [5.41, 5.74) is -0.959. The number of rotatable bonds is 6. The van der Waals surface area contributed by atoms with E-state index in [9.17, 15) is 13.2 Å². The molecule has 1 heterocycles. The molecule has 1 saturated heterocycles. The fourth-order valence-corrected chi connectivity index (χ4v) is 3.06. The molecule has 0 unspecified atom stereocenters. The molecule has 126 valence electrons. The summed E-state index contributed by atoms with van der Waals surface area (Å²) in [6, 6.07) is 0. The quantitative estimate of drug-likeness (QED) is 0.585. The molecular weight excluding hydrogens is 295 g/mol. The lowest BCUT2D eigenvalue weighted by molar-refractivity contribution is -0.0960. The van der Waals surface area contributed by atoms with Crippen molar-refractivity contribution in [2.75, 3.05) is 33.3 Å². The monoisotopic (exact) mass is 319 g/mol. The molecule has 0 aromatic carbocycles. The van der Waals surface area contributed by atoms with Gasteiger partial charge in [0.15, 0.2) is 0 Å². The van der Waals surface area contributed by atoms with E-state index in [1.165, 1.54) is 19.9 Å². The van der Waals surface area contributed by atoms with Crippen LogP contribution in [0.1, 0.15) is 25.7 Å². The van der Waals surface area contributed by atoms with E-state index in [0.717, 1.165) is 32.5 Å². The first-order valence-corrected chi connectivity index (χ1v) is 7.80. The lowest BCUT2D eigenvalue weighted by atomic mass is 9.74. The van der Waals surface area contributed by atoms with Crippen LogP contribution in [0.2, 0.25) is 0 Å². The molecule has 0 spiro atoms. The van der Waals surface area contributed by atoms with Gasteiger partial charge in [-0.1, -0.05) is 0 Å². The van der Waals surface area contributed by atoms with Gasteiger partial charge < -0.3 is 15.0 Å². The molecular formula is C15H24F3N3O. The van der Waals surface area contributed by atoms with Crippen LogP contribution in [-0.2, 0) is 4.74 Å². The van der Waals surface area contributed by atoms with E-state index in [1.54, 1.807) is 0 Å². The van der Waals surface area contributed by atoms with Gasteiger partial charge in [-0.3, -0.25) is 5.41 Å². The van der Waals surface area contributed by atoms with Crippen molar-refractivity contribution >= 4 is 5.90 Å². The Balaban J connectivity index is 1.75. The van der Waals surface area contributed by atoms with Gasteiger partial charge in [0, 0.05) is 19.7 Å². The topological polar surface area (TPSA) is 48.4 Å². The minimum absolute atomic E-state index is 0.336. The molecule has 1 aliphatic carbocycles. The van der Waals surface area contributed by atoms with E-state index in [-0.39, 0.29) is 0 Å². The van der Waals surface area contributed by atoms with Crippen LogP contribution in [0.15, 0.2) is 11.8 Å². The average Bonchev–Trinajstić information content (AvgIpc) is 2.93. The van der Waals surface area contributed by atoms with Gasteiger partial charge in [-0.25, -0.2) is 0 Å². The van der Waals surface area contributed by atoms with Crippen molar-refractivity contribution < 1.29 is 17.9 Å². The van der Waals surface area contributed by atoms with Gasteiger partial charge in [0.25, 0.3) is 0 Å². The van der Waals surface area contributed by atoms with Gasteiger partial charge in [-0.15, -0.1) is 0 Å². The molecule has 2 N–H and O–H groups in total. The number of allylic oxidation sites excluding steroid dienone is 1. The van der Waals surface area contributed by atoms with Crippen molar-refractivity contribution in [1.29, 1.82) is 5.41 Å². The summed E-state index contributed by atoms with van der Waals surface area (Å²) in [5.74, 6) is 0.480. The zero-order chi connectivity index (χ0) is 16.2. The van der Waals surface area contributed by atoms with E-state index in [2.05, 4.69) is 10.2 Å². The number of hydrogen-bond donors (Lipinski definition) is 2. The van der Waals surface area contributed by atoms with Gasteiger partial charge in [0.05, 0.1) is 6.61 Å². The van der Waals surface area contributed by atoms with Crippen LogP contribution in [-0.4, -0.2) is 50.3 Å². The summed E-state index contributed by atoms with van der Waals surface area (Å²) < 4.78 is 42.9. The Morgan fingerprint density at radius 2 is 1.91 bits per heavy atom. The first kappa shape index (κ1) is 17.1. The molecule has 0 aromatic heterocycles. The fourth-order valence-electron chi connectivity index (χ4n) is 3.06. The fraction of sp³-hybridized carbons (Fsp3) is 0.800. The Bertz CT molecular complexity index is 417. The smallest absolute Gasteiger partial charge is 0.431 e. The molecule has 2 aliphatic rings. The summed E-state index contributed by atoms with van der Waals surface area (Å²) in [7, 11) is 1.19. The third kappa shape index (κ3) is 4.63. The van der Waals surface area contributed by atoms with Crippen LogP contribution >= 0.6 is 0 Å². The number of likely N-dealkylation sites (tertiary alicyclic amines) is 1. The van der Waals surface area contributed by atoms with Crippen LogP contribution < -0.4 is 5.32 Å². The Morgan fingerprint density at radius 3 is 2.41 bits per heavy atom. The first-order valence-electron chi connectivity index (χ1n) is 7.80. The number of hydrogen-bond acceptors (Lipinski definition) is 4. The molecule has 4 nitrogen and oxygen atoms in total. The highest BCUT2D eigenvalue weighted by atomic mass is 19.4. The van der Waals surface area contributed by atoms with Crippen LogP contribution in [0.4, 0.5) is 13.2 Å². The molecule has 0 radical (unpaired) electrons. The largest absolute Gasteiger partial charge is 0.478 e. The molecule has 7 heteroatoms. The van der Waals surface area contributed by atoms with Crippen molar-refractivity contribution in [3.8, 4) is 0 Å². The minimum Gasteiger partial charge on any atom is -0.478 e. The van der Waals surface area contributed by atoms with Gasteiger partial charge in [-0.05, 0) is 50.6 Å². The van der Waals surface area contributed by atoms with Crippen molar-refractivity contribution in [3.63, 3.8) is 0 Å². The van der Waals surface area contributed by atoms with Crippen molar-refractivity contribution in [1.82, 2.24) is 10.2 Å². The van der Waals surface area contributed by atoms with Gasteiger partial charge in [0.2, 0.25) is 5.90 Å². The van der Waals surface area contributed by atoms with E-state index >= 15 is 0 Å². The van der Waals surface area contributed by atoms with E-state index in [0.29, 0.717) is 24.5 Å². The summed E-state index contributed by atoms with van der Waals surface area (Å²) in [4.78, 5) is 2.45. The Kier molecular flexibility index (Phi) is 5.72. The molecule has 1 aliphatic heterocycles. The highest BCUT2D eigenvalue weighted by Crippen LogP contribution is 2.35. The van der Waals surface area contributed by atoms with Gasteiger partial charge >= 0.3 is 6.18 Å². The third-order valence-corrected chi connectivity index (χ3v) is 4.57. The second-order valence-electron chi connectivity index (χ2n) is 6.09. The second-order valence-corrected chi connectivity index (χ2v) is 6.09. The number of nitrogens with zero attached hydrogens (tertiary/aromatic N) is 1. The Morgan fingerprint density at radius 1 is 1.27 bits per heavy atom. The minimum atomic E-state index is -4.49. The molecule has 22 heavy (non-hydrogen) atoms. The van der Waals surface area contributed by atoms with Gasteiger partial charge in [0.1, 0.15) is 5.70 Å². The lowest BCUT2D eigenvalue weighted by Gasteiger charge is -2.38. The third-order valence-electron chi connectivity index (χ3n) is 4.57. The zero-order valence-corrected chi connectivity index (χ0v) is 12.9. The molecule has 1 saturated carbocycles. The van der Waals surface area contributed by atoms with Crippen molar-refractivity contribution in [2.45, 2.75) is 31.9 Å². The highest BCUT2D eigenvalue weighted by Gasteiger charge is 2.35. The molecule has 2 atom stereocenters. The first-order chi connectivity index (χ1) is 10.4. The molecule has 0 aromatic rings. The number of alkyl halides is 3. The van der Waals surface area contributed by atoms with Crippen LogP contribution in [0, 0.1) is 17.2 Å². The van der Waals surface area contributed by atoms with Crippen LogP contribution in [0.3, 0.4) is 0 Å². The number of nitrogens with one attached hydrogen (secondary N) is 2. The average molecular weight is 319 g/mol. The Labute approximate surface area is 129 Å². The maximum Gasteiger partial charge on any atom is 0.431 e. The standard InChI is InChI=1S/C15H24F3N3O/c1-20-13(15(16,17)18)8-14(19)22-10-12-5-4-11(12)9-21-6-2-3-7-21/h8,11-12,19-20H,2-7,9-10H2,1H3/b13-8-,19-14?/t11-,12+/m1/s1. The zero-order valence-electron chi connectivity index (χ0n) is 12.9. The predicted octanol–water partition coefficient (Wildman–Crippen LogP) is 2.77. The summed E-state index contributed by atoms with van der Waals surface area (Å²) in [6.45, 7) is 3.70.